The van der Waals surface area contributed by atoms with Crippen molar-refractivity contribution in [3.8, 4) is 5.75 Å². The number of nitrogens with one attached hydrogen (secondary N) is 1. The van der Waals surface area contributed by atoms with Crippen LogP contribution >= 0.6 is 23.2 Å². The fourth-order valence-corrected chi connectivity index (χ4v) is 4.32. The first kappa shape index (κ1) is 20.2. The van der Waals surface area contributed by atoms with Gasteiger partial charge in [0.2, 0.25) is 0 Å². The summed E-state index contributed by atoms with van der Waals surface area (Å²) in [6.45, 7) is 1.27. The molecule has 0 saturated carbocycles. The second kappa shape index (κ2) is 7.95. The lowest BCUT2D eigenvalue weighted by Gasteiger charge is -2.33. The Kier molecular flexibility index (Phi) is 5.53. The van der Waals surface area contributed by atoms with Crippen LogP contribution in [0, 0.1) is 0 Å². The number of benzene rings is 2. The molecule has 0 aromatic heterocycles. The number of carbonyl (C=O) groups excluding carboxylic acids is 2. The molecule has 6 nitrogen and oxygen atoms in total. The Morgan fingerprint density at radius 2 is 1.97 bits per heavy atom. The van der Waals surface area contributed by atoms with Gasteiger partial charge in [-0.05, 0) is 37.4 Å². The fourth-order valence-electron chi connectivity index (χ4n) is 3.93. The van der Waals surface area contributed by atoms with Gasteiger partial charge in [-0.1, -0.05) is 29.3 Å². The average molecular weight is 436 g/mol. The van der Waals surface area contributed by atoms with Gasteiger partial charge in [-0.15, -0.1) is 0 Å². The van der Waals surface area contributed by atoms with Gasteiger partial charge in [0.1, 0.15) is 18.0 Å². The summed E-state index contributed by atoms with van der Waals surface area (Å²) in [5.74, 6) is -0.584. The molecule has 2 aliphatic heterocycles. The Morgan fingerprint density at radius 3 is 2.69 bits per heavy atom. The van der Waals surface area contributed by atoms with Crippen molar-refractivity contribution in [1.82, 2.24) is 5.32 Å². The molecule has 1 saturated heterocycles. The molecule has 4 rings (SSSR count). The minimum atomic E-state index is -0.788. The van der Waals surface area contributed by atoms with E-state index in [1.54, 1.807) is 24.3 Å². The highest BCUT2D eigenvalue weighted by molar-refractivity contribution is 6.44. The number of halogens is 2. The number of ether oxygens (including phenoxy) is 2. The number of hydrogen-bond acceptors (Lipinski definition) is 6. The Hall–Kier alpha value is -2.12. The number of piperidine rings is 1. The zero-order valence-corrected chi connectivity index (χ0v) is 17.0. The average Bonchev–Trinajstić information content (AvgIpc) is 2.99. The van der Waals surface area contributed by atoms with E-state index in [2.05, 4.69) is 5.32 Å². The number of rotatable bonds is 5. The van der Waals surface area contributed by atoms with Crippen LogP contribution in [0.25, 0.3) is 0 Å². The lowest BCUT2D eigenvalue weighted by molar-refractivity contribution is -0.0242. The maximum atomic E-state index is 13.4. The molecule has 152 valence electrons. The molecule has 0 bridgehead atoms. The van der Waals surface area contributed by atoms with Gasteiger partial charge in [0.15, 0.2) is 5.78 Å². The van der Waals surface area contributed by atoms with Gasteiger partial charge >= 0.3 is 5.97 Å². The van der Waals surface area contributed by atoms with Crippen molar-refractivity contribution < 1.29 is 24.2 Å². The Balaban J connectivity index is 1.88. The van der Waals surface area contributed by atoms with Crippen LogP contribution in [0.15, 0.2) is 30.3 Å². The molecule has 1 spiro atoms. The van der Waals surface area contributed by atoms with E-state index in [1.807, 2.05) is 0 Å². The van der Waals surface area contributed by atoms with Crippen LogP contribution in [0.2, 0.25) is 10.0 Å². The second-order valence-electron chi connectivity index (χ2n) is 7.03. The number of hydrogen-bond donors (Lipinski definition) is 2. The minimum Gasteiger partial charge on any atom is -0.491 e. The molecule has 0 radical (unpaired) electrons. The molecule has 1 fully saturated rings. The van der Waals surface area contributed by atoms with E-state index in [9.17, 15) is 9.59 Å². The normalized spacial score (nSPS) is 17.1. The Labute approximate surface area is 177 Å². The summed E-state index contributed by atoms with van der Waals surface area (Å²) in [7, 11) is 0. The molecule has 0 unspecified atom stereocenters. The molecular formula is C21H19Cl2NO5. The molecule has 2 heterocycles. The van der Waals surface area contributed by atoms with Crippen LogP contribution in [-0.4, -0.2) is 43.2 Å². The molecule has 2 aliphatic rings. The van der Waals surface area contributed by atoms with E-state index in [0.29, 0.717) is 37.2 Å². The topological polar surface area (TPSA) is 84.9 Å². The van der Waals surface area contributed by atoms with Gasteiger partial charge in [-0.25, -0.2) is 4.79 Å². The first-order chi connectivity index (χ1) is 14.0. The summed E-state index contributed by atoms with van der Waals surface area (Å²) in [5, 5.41) is 12.7. The summed E-state index contributed by atoms with van der Waals surface area (Å²) < 4.78 is 11.4. The third-order valence-corrected chi connectivity index (χ3v) is 6.13. The van der Waals surface area contributed by atoms with Crippen molar-refractivity contribution in [1.29, 1.82) is 0 Å². The summed E-state index contributed by atoms with van der Waals surface area (Å²) in [5.41, 5.74) is 0.439. The number of aliphatic hydroxyl groups is 1. The number of fused-ring (bicyclic) bond motifs is 2. The van der Waals surface area contributed by atoms with Crippen LogP contribution in [0.5, 0.6) is 5.75 Å². The first-order valence-corrected chi connectivity index (χ1v) is 10.1. The highest BCUT2D eigenvalue weighted by Gasteiger charge is 2.48. The smallest absolute Gasteiger partial charge is 0.340 e. The van der Waals surface area contributed by atoms with Crippen molar-refractivity contribution in [3.63, 3.8) is 0 Å². The molecule has 2 aromatic rings. The van der Waals surface area contributed by atoms with E-state index >= 15 is 0 Å². The number of aliphatic hydroxyl groups excluding tert-OH is 1. The second-order valence-corrected chi connectivity index (χ2v) is 7.81. The Bertz CT molecular complexity index is 985. The van der Waals surface area contributed by atoms with Crippen molar-refractivity contribution in [2.75, 3.05) is 26.3 Å². The summed E-state index contributed by atoms with van der Waals surface area (Å²) in [6.07, 6.45) is 1.20. The largest absolute Gasteiger partial charge is 0.491 e. The molecule has 0 amide bonds. The molecular weight excluding hydrogens is 417 g/mol. The third-order valence-electron chi connectivity index (χ3n) is 5.31. The zero-order valence-electron chi connectivity index (χ0n) is 15.5. The number of esters is 1. The van der Waals surface area contributed by atoms with E-state index < -0.39 is 17.4 Å². The van der Waals surface area contributed by atoms with E-state index in [-0.39, 0.29) is 39.9 Å². The maximum absolute atomic E-state index is 13.4. The Morgan fingerprint density at radius 1 is 1.21 bits per heavy atom. The summed E-state index contributed by atoms with van der Waals surface area (Å²) in [4.78, 5) is 26.2. The monoisotopic (exact) mass is 435 g/mol. The van der Waals surface area contributed by atoms with Crippen LogP contribution in [0.4, 0.5) is 0 Å². The number of carbonyl (C=O) groups is 2. The number of ketones is 1. The molecule has 0 atom stereocenters. The lowest BCUT2D eigenvalue weighted by Crippen LogP contribution is -2.40. The predicted octanol–water partition coefficient (Wildman–Crippen LogP) is 3.34. The van der Waals surface area contributed by atoms with Gasteiger partial charge < -0.3 is 19.9 Å². The van der Waals surface area contributed by atoms with Gasteiger partial charge in [0, 0.05) is 29.5 Å². The predicted molar refractivity (Wildman–Crippen MR) is 108 cm³/mol. The first-order valence-electron chi connectivity index (χ1n) is 9.32. The van der Waals surface area contributed by atoms with Crippen molar-refractivity contribution in [3.05, 3.63) is 62.6 Å². The van der Waals surface area contributed by atoms with Crippen molar-refractivity contribution >= 4 is 35.0 Å². The van der Waals surface area contributed by atoms with E-state index in [1.165, 1.54) is 6.07 Å². The summed E-state index contributed by atoms with van der Waals surface area (Å²) in [6, 6.07) is 8.00. The summed E-state index contributed by atoms with van der Waals surface area (Å²) >= 11 is 12.3. The fraction of sp³-hybridized carbons (Fsp3) is 0.333. The third kappa shape index (κ3) is 3.51. The van der Waals surface area contributed by atoms with Crippen LogP contribution in [0.3, 0.4) is 0 Å². The van der Waals surface area contributed by atoms with Crippen molar-refractivity contribution in [2.24, 2.45) is 0 Å². The van der Waals surface area contributed by atoms with Crippen molar-refractivity contribution in [2.45, 2.75) is 18.4 Å². The standard InChI is InChI=1S/C21H19Cl2NO5/c22-16-3-1-2-13(18(16)23)19(26)14-10-12(28-9-8-25)11-15-17(14)20(27)29-21(15)4-6-24-7-5-21/h1-3,10-11,24-25H,4-9H2. The SMILES string of the molecule is O=C(c1cccc(Cl)c1Cl)c1cc(OCCO)cc2c1C(=O)OC21CCNCC1. The molecule has 8 heteroatoms. The minimum absolute atomic E-state index is 0.0632. The molecule has 2 N–H and O–H groups in total. The maximum Gasteiger partial charge on any atom is 0.340 e. The van der Waals surface area contributed by atoms with Crippen LogP contribution < -0.4 is 10.1 Å². The van der Waals surface area contributed by atoms with Gasteiger partial charge in [-0.3, -0.25) is 4.79 Å². The zero-order chi connectivity index (χ0) is 20.6. The molecule has 2 aromatic carbocycles. The van der Waals surface area contributed by atoms with Gasteiger partial charge in [0.25, 0.3) is 0 Å². The lowest BCUT2D eigenvalue weighted by atomic mass is 9.82. The van der Waals surface area contributed by atoms with Crippen LogP contribution in [0.1, 0.15) is 44.7 Å². The quantitative estimate of drug-likeness (QED) is 0.553. The van der Waals surface area contributed by atoms with E-state index in [0.717, 1.165) is 0 Å². The highest BCUT2D eigenvalue weighted by Crippen LogP contribution is 2.46. The van der Waals surface area contributed by atoms with E-state index in [4.69, 9.17) is 37.8 Å². The van der Waals surface area contributed by atoms with Crippen LogP contribution in [-0.2, 0) is 10.3 Å². The van der Waals surface area contributed by atoms with Gasteiger partial charge in [-0.2, -0.15) is 0 Å². The highest BCUT2D eigenvalue weighted by atomic mass is 35.5. The molecule has 0 aliphatic carbocycles. The molecule has 29 heavy (non-hydrogen) atoms. The van der Waals surface area contributed by atoms with Gasteiger partial charge in [0.05, 0.1) is 22.2 Å².